The summed E-state index contributed by atoms with van der Waals surface area (Å²) < 4.78 is 2.51. The third-order valence-corrected chi connectivity index (χ3v) is 4.66. The number of imidazole rings is 1. The van der Waals surface area contributed by atoms with Gasteiger partial charge >= 0.3 is 0 Å². The molecule has 1 saturated carbocycles. The van der Waals surface area contributed by atoms with Gasteiger partial charge in [-0.1, -0.05) is 19.3 Å². The largest absolute Gasteiger partial charge is 0.330 e. The number of hydrogen-bond donors (Lipinski definition) is 1. The van der Waals surface area contributed by atoms with Gasteiger partial charge in [0.1, 0.15) is 5.82 Å². The number of nitrogens with zero attached hydrogens (tertiary/aromatic N) is 3. The average Bonchev–Trinajstić information content (AvgIpc) is 2.79. The van der Waals surface area contributed by atoms with Crippen LogP contribution in [0.1, 0.15) is 55.2 Å². The lowest BCUT2D eigenvalue weighted by atomic mass is 9.88. The van der Waals surface area contributed by atoms with Gasteiger partial charge in [-0.2, -0.15) is 0 Å². The quantitative estimate of drug-likeness (QED) is 0.904. The van der Waals surface area contributed by atoms with Crippen molar-refractivity contribution in [2.75, 3.05) is 20.1 Å². The fourth-order valence-corrected chi connectivity index (χ4v) is 3.60. The van der Waals surface area contributed by atoms with Gasteiger partial charge in [-0.25, -0.2) is 4.98 Å². The van der Waals surface area contributed by atoms with Gasteiger partial charge in [0.25, 0.3) is 0 Å². The van der Waals surface area contributed by atoms with E-state index in [1.165, 1.54) is 49.3 Å². The predicted octanol–water partition coefficient (Wildman–Crippen LogP) is 1.88. The van der Waals surface area contributed by atoms with Gasteiger partial charge in [0.15, 0.2) is 0 Å². The summed E-state index contributed by atoms with van der Waals surface area (Å²) in [6.07, 6.45) is 7.74. The fourth-order valence-electron chi connectivity index (χ4n) is 3.60. The highest BCUT2D eigenvalue weighted by atomic mass is 15.2. The number of nitrogens with two attached hydrogens (primary N) is 1. The second kappa shape index (κ2) is 5.63. The summed E-state index contributed by atoms with van der Waals surface area (Å²) in [4.78, 5) is 7.39. The zero-order valence-electron chi connectivity index (χ0n) is 12.1. The van der Waals surface area contributed by atoms with E-state index in [0.717, 1.165) is 26.1 Å². The maximum absolute atomic E-state index is 5.75. The normalized spacial score (nSPS) is 21.6. The Morgan fingerprint density at radius 1 is 1.21 bits per heavy atom. The number of likely N-dealkylation sites (N-methyl/N-ethyl adjacent to an activating group) is 1. The van der Waals surface area contributed by atoms with Crippen LogP contribution in [0.5, 0.6) is 0 Å². The van der Waals surface area contributed by atoms with Crippen LogP contribution in [-0.4, -0.2) is 34.6 Å². The smallest absolute Gasteiger partial charge is 0.112 e. The van der Waals surface area contributed by atoms with Gasteiger partial charge in [-0.05, 0) is 26.4 Å². The lowest BCUT2D eigenvalue weighted by Gasteiger charge is -2.28. The molecule has 0 spiro atoms. The molecule has 2 heterocycles. The molecule has 4 heteroatoms. The van der Waals surface area contributed by atoms with E-state index in [0.29, 0.717) is 12.5 Å². The molecule has 1 aromatic rings. The molecular weight excluding hydrogens is 236 g/mol. The highest BCUT2D eigenvalue weighted by Gasteiger charge is 2.27. The first-order chi connectivity index (χ1) is 9.29. The monoisotopic (exact) mass is 262 g/mol. The zero-order valence-corrected chi connectivity index (χ0v) is 12.1. The first-order valence-electron chi connectivity index (χ1n) is 7.76. The molecule has 0 unspecified atom stereocenters. The molecule has 0 aromatic carbocycles. The molecule has 0 saturated heterocycles. The molecule has 1 fully saturated rings. The Labute approximate surface area is 116 Å². The minimum Gasteiger partial charge on any atom is -0.330 e. The van der Waals surface area contributed by atoms with Crippen molar-refractivity contribution in [1.82, 2.24) is 14.5 Å². The molecule has 0 radical (unpaired) electrons. The molecule has 3 rings (SSSR count). The van der Waals surface area contributed by atoms with Gasteiger partial charge in [0.2, 0.25) is 0 Å². The minimum atomic E-state index is 0.697. The highest BCUT2D eigenvalue weighted by molar-refractivity contribution is 5.22. The van der Waals surface area contributed by atoms with Crippen molar-refractivity contribution in [3.8, 4) is 0 Å². The molecule has 4 nitrogen and oxygen atoms in total. The number of rotatable bonds is 3. The fraction of sp³-hybridized carbons (Fsp3) is 0.800. The summed E-state index contributed by atoms with van der Waals surface area (Å²) in [5.74, 6) is 2.06. The van der Waals surface area contributed by atoms with E-state index >= 15 is 0 Å². The topological polar surface area (TPSA) is 47.1 Å². The lowest BCUT2D eigenvalue weighted by molar-refractivity contribution is 0.262. The summed E-state index contributed by atoms with van der Waals surface area (Å²) in [7, 11) is 2.20. The molecule has 106 valence electrons. The Kier molecular flexibility index (Phi) is 3.89. The Morgan fingerprint density at radius 3 is 2.74 bits per heavy atom. The van der Waals surface area contributed by atoms with Gasteiger partial charge < -0.3 is 10.3 Å². The van der Waals surface area contributed by atoms with Gasteiger partial charge in [-0.15, -0.1) is 0 Å². The van der Waals surface area contributed by atoms with Crippen LogP contribution in [-0.2, 0) is 19.5 Å². The average molecular weight is 262 g/mol. The SMILES string of the molecule is CN1CCn2c(C3CCCCC3)nc(CCN)c2C1. The van der Waals surface area contributed by atoms with Crippen molar-refractivity contribution >= 4 is 0 Å². The summed E-state index contributed by atoms with van der Waals surface area (Å²) in [6.45, 7) is 3.99. The second-order valence-corrected chi connectivity index (χ2v) is 6.13. The Morgan fingerprint density at radius 2 is 2.00 bits per heavy atom. The predicted molar refractivity (Wildman–Crippen MR) is 77.1 cm³/mol. The standard InChI is InChI=1S/C15H26N4/c1-18-9-10-19-14(11-18)13(7-8-16)17-15(19)12-5-3-2-4-6-12/h12H,2-11,16H2,1H3. The number of aromatic nitrogens is 2. The van der Waals surface area contributed by atoms with Crippen LogP contribution < -0.4 is 5.73 Å². The lowest BCUT2D eigenvalue weighted by Crippen LogP contribution is -2.32. The molecule has 1 aliphatic heterocycles. The maximum atomic E-state index is 5.75. The van der Waals surface area contributed by atoms with Gasteiger partial charge in [-0.3, -0.25) is 4.90 Å². The van der Waals surface area contributed by atoms with Crippen LogP contribution in [0.2, 0.25) is 0 Å². The maximum Gasteiger partial charge on any atom is 0.112 e. The molecule has 0 amide bonds. The van der Waals surface area contributed by atoms with Crippen LogP contribution in [0.4, 0.5) is 0 Å². The molecule has 1 aliphatic carbocycles. The molecule has 2 N–H and O–H groups in total. The van der Waals surface area contributed by atoms with Crippen molar-refractivity contribution in [2.24, 2.45) is 5.73 Å². The summed E-state index contributed by atoms with van der Waals surface area (Å²) in [5.41, 5.74) is 8.44. The van der Waals surface area contributed by atoms with Crippen molar-refractivity contribution in [3.05, 3.63) is 17.2 Å². The summed E-state index contributed by atoms with van der Waals surface area (Å²) in [5, 5.41) is 0. The first kappa shape index (κ1) is 13.1. The van der Waals surface area contributed by atoms with Crippen molar-refractivity contribution < 1.29 is 0 Å². The molecule has 19 heavy (non-hydrogen) atoms. The van der Waals surface area contributed by atoms with E-state index < -0.39 is 0 Å². The molecular formula is C15H26N4. The molecule has 0 bridgehead atoms. The van der Waals surface area contributed by atoms with Crippen LogP contribution in [0.15, 0.2) is 0 Å². The number of fused-ring (bicyclic) bond motifs is 1. The van der Waals surface area contributed by atoms with Crippen molar-refractivity contribution in [2.45, 2.75) is 57.5 Å². The van der Waals surface area contributed by atoms with Gasteiger partial charge in [0.05, 0.1) is 11.4 Å². The van der Waals surface area contributed by atoms with E-state index in [1.54, 1.807) is 0 Å². The van der Waals surface area contributed by atoms with E-state index in [2.05, 4.69) is 16.5 Å². The third kappa shape index (κ3) is 2.56. The van der Waals surface area contributed by atoms with E-state index in [1.807, 2.05) is 0 Å². The minimum absolute atomic E-state index is 0.697. The molecule has 2 aliphatic rings. The molecule has 1 aromatic heterocycles. The zero-order chi connectivity index (χ0) is 13.2. The van der Waals surface area contributed by atoms with Crippen LogP contribution in [0.3, 0.4) is 0 Å². The second-order valence-electron chi connectivity index (χ2n) is 6.13. The van der Waals surface area contributed by atoms with Gasteiger partial charge in [0, 0.05) is 32.0 Å². The third-order valence-electron chi connectivity index (χ3n) is 4.66. The van der Waals surface area contributed by atoms with E-state index in [4.69, 9.17) is 10.7 Å². The van der Waals surface area contributed by atoms with Crippen molar-refractivity contribution in [1.29, 1.82) is 0 Å². The Hall–Kier alpha value is -0.870. The summed E-state index contributed by atoms with van der Waals surface area (Å²) in [6, 6.07) is 0. The van der Waals surface area contributed by atoms with Crippen LogP contribution >= 0.6 is 0 Å². The first-order valence-corrected chi connectivity index (χ1v) is 7.76. The Balaban J connectivity index is 1.93. The van der Waals surface area contributed by atoms with E-state index in [9.17, 15) is 0 Å². The summed E-state index contributed by atoms with van der Waals surface area (Å²) >= 11 is 0. The highest BCUT2D eigenvalue weighted by Crippen LogP contribution is 2.34. The van der Waals surface area contributed by atoms with E-state index in [-0.39, 0.29) is 0 Å². The van der Waals surface area contributed by atoms with Crippen LogP contribution in [0.25, 0.3) is 0 Å². The number of hydrogen-bond acceptors (Lipinski definition) is 3. The van der Waals surface area contributed by atoms with Crippen molar-refractivity contribution in [3.63, 3.8) is 0 Å². The van der Waals surface area contributed by atoms with Crippen LogP contribution in [0, 0.1) is 0 Å². The molecule has 0 atom stereocenters. The Bertz CT molecular complexity index is 432.